The molecule has 0 atom stereocenters. The number of benzene rings is 2. The minimum atomic E-state index is -0.199. The molecule has 4 aromatic rings. The van der Waals surface area contributed by atoms with E-state index in [4.69, 9.17) is 19.9 Å². The molecule has 0 spiro atoms. The van der Waals surface area contributed by atoms with Crippen LogP contribution in [0.2, 0.25) is 0 Å². The van der Waals surface area contributed by atoms with Crippen LogP contribution in [0, 0.1) is 0 Å². The van der Waals surface area contributed by atoms with E-state index in [2.05, 4.69) is 154 Å². The van der Waals surface area contributed by atoms with Crippen molar-refractivity contribution in [3.63, 3.8) is 0 Å². The number of fused-ring (bicyclic) bond motifs is 4. The van der Waals surface area contributed by atoms with E-state index in [9.17, 15) is 0 Å². The van der Waals surface area contributed by atoms with Gasteiger partial charge < -0.3 is 0 Å². The van der Waals surface area contributed by atoms with Crippen LogP contribution in [-0.2, 0) is 10.8 Å². The fourth-order valence-electron chi connectivity index (χ4n) is 7.28. The van der Waals surface area contributed by atoms with Crippen LogP contribution in [-0.4, -0.2) is 19.9 Å². The molecule has 0 amide bonds. The highest BCUT2D eigenvalue weighted by molar-refractivity contribution is 5.85. The average Bonchev–Trinajstić information content (AvgIpc) is 3.45. The Kier molecular flexibility index (Phi) is 11.0. The Morgan fingerprint density at radius 1 is 0.444 bits per heavy atom. The summed E-state index contributed by atoms with van der Waals surface area (Å²) in [7, 11) is 0. The summed E-state index contributed by atoms with van der Waals surface area (Å²) in [5, 5.41) is 0. The van der Waals surface area contributed by atoms with E-state index >= 15 is 0 Å². The van der Waals surface area contributed by atoms with Gasteiger partial charge in [0.25, 0.3) is 0 Å². The van der Waals surface area contributed by atoms with E-state index in [0.717, 1.165) is 44.8 Å². The van der Waals surface area contributed by atoms with Gasteiger partial charge in [-0.25, -0.2) is 19.9 Å². The van der Waals surface area contributed by atoms with Crippen LogP contribution in [0.25, 0.3) is 33.2 Å². The smallest absolute Gasteiger partial charge is 0.0894 e. The predicted molar refractivity (Wildman–Crippen MR) is 231 cm³/mol. The van der Waals surface area contributed by atoms with Crippen LogP contribution in [0.4, 0.5) is 0 Å². The molecule has 6 rings (SSSR count). The zero-order valence-corrected chi connectivity index (χ0v) is 33.5. The zero-order valence-electron chi connectivity index (χ0n) is 33.5. The molecule has 0 radical (unpaired) electrons. The van der Waals surface area contributed by atoms with Gasteiger partial charge in [0.2, 0.25) is 0 Å². The second-order valence-corrected chi connectivity index (χ2v) is 15.6. The molecule has 0 bridgehead atoms. The summed E-state index contributed by atoms with van der Waals surface area (Å²) in [5.41, 5.74) is 17.2. The third-order valence-electron chi connectivity index (χ3n) is 10.5. The molecule has 54 heavy (non-hydrogen) atoms. The molecule has 2 aliphatic carbocycles. The summed E-state index contributed by atoms with van der Waals surface area (Å²) in [6.07, 6.45) is 30.1. The summed E-state index contributed by atoms with van der Waals surface area (Å²) >= 11 is 0. The minimum Gasteiger partial charge on any atom is -0.248 e. The molecule has 272 valence electrons. The van der Waals surface area contributed by atoms with Crippen molar-refractivity contribution < 1.29 is 0 Å². The first-order valence-corrected chi connectivity index (χ1v) is 18.8. The van der Waals surface area contributed by atoms with Gasteiger partial charge in [-0.1, -0.05) is 159 Å². The molecule has 0 saturated carbocycles. The number of allylic oxidation sites excluding steroid dienone is 22. The van der Waals surface area contributed by atoms with E-state index < -0.39 is 0 Å². The number of aromatic nitrogens is 4. The van der Waals surface area contributed by atoms with Crippen molar-refractivity contribution in [2.24, 2.45) is 0 Å². The molecule has 0 aliphatic heterocycles. The second kappa shape index (κ2) is 15.7. The SMILES string of the molecule is CC(C=CC=C(C)C=CC1=C(C)c2nc3ccccc3nc2C1(C)C)=CC=CC=C(C)C=CC=C(C)C=CC1=C(C)c2nc3ccccc3nc2C1(C)C. The fraction of sp³-hybridized carbons (Fsp3) is 0.240. The molecule has 4 nitrogen and oxygen atoms in total. The van der Waals surface area contributed by atoms with Crippen LogP contribution in [0.3, 0.4) is 0 Å². The number of rotatable bonds is 10. The molecule has 4 heteroatoms. The van der Waals surface area contributed by atoms with Crippen molar-refractivity contribution in [1.29, 1.82) is 0 Å². The molecule has 0 fully saturated rings. The number of hydrogen-bond donors (Lipinski definition) is 0. The third-order valence-corrected chi connectivity index (χ3v) is 10.5. The second-order valence-electron chi connectivity index (χ2n) is 15.6. The van der Waals surface area contributed by atoms with Gasteiger partial charge in [-0.2, -0.15) is 0 Å². The highest BCUT2D eigenvalue weighted by atomic mass is 14.9. The molecule has 2 heterocycles. The van der Waals surface area contributed by atoms with Crippen LogP contribution in [0.15, 0.2) is 167 Å². The van der Waals surface area contributed by atoms with E-state index in [1.54, 1.807) is 0 Å². The van der Waals surface area contributed by atoms with Crippen molar-refractivity contribution in [1.82, 2.24) is 19.9 Å². The monoisotopic (exact) mass is 708 g/mol. The topological polar surface area (TPSA) is 51.6 Å². The lowest BCUT2D eigenvalue weighted by Gasteiger charge is -2.21. The number of nitrogens with zero attached hydrogens (tertiary/aromatic N) is 4. The van der Waals surface area contributed by atoms with Gasteiger partial charge in [-0.05, 0) is 88.1 Å². The van der Waals surface area contributed by atoms with E-state index in [0.29, 0.717) is 0 Å². The van der Waals surface area contributed by atoms with Gasteiger partial charge in [0.15, 0.2) is 0 Å². The largest absolute Gasteiger partial charge is 0.248 e. The lowest BCUT2D eigenvalue weighted by atomic mass is 9.84. The number of hydrogen-bond acceptors (Lipinski definition) is 4. The van der Waals surface area contributed by atoms with Crippen molar-refractivity contribution >= 4 is 33.2 Å². The Labute approximate surface area is 322 Å². The normalized spacial score (nSPS) is 18.0. The van der Waals surface area contributed by atoms with Crippen molar-refractivity contribution in [3.05, 3.63) is 190 Å². The van der Waals surface area contributed by atoms with E-state index in [1.807, 2.05) is 48.5 Å². The van der Waals surface area contributed by atoms with Gasteiger partial charge in [-0.15, -0.1) is 0 Å². The summed E-state index contributed by atoms with van der Waals surface area (Å²) < 4.78 is 0. The van der Waals surface area contributed by atoms with Crippen LogP contribution in [0.1, 0.15) is 92.0 Å². The standard InChI is InChI=1S/C50H52N4/c1-33(21-17-23-35(3)29-31-39-37(5)45-47(49(39,7)8)53-43-27-15-13-25-41(43)51-45)19-11-12-20-34(2)22-18-24-36(4)30-32-40-38(6)46-48(50(40,9)10)54-44-28-16-14-26-42(44)52-46/h11-32H,1-10H3. The minimum absolute atomic E-state index is 0.199. The highest BCUT2D eigenvalue weighted by Crippen LogP contribution is 2.46. The lowest BCUT2D eigenvalue weighted by molar-refractivity contribution is 0.630. The van der Waals surface area contributed by atoms with Gasteiger partial charge >= 0.3 is 0 Å². The molecular weight excluding hydrogens is 657 g/mol. The van der Waals surface area contributed by atoms with Crippen LogP contribution >= 0.6 is 0 Å². The molecule has 0 N–H and O–H groups in total. The number of para-hydroxylation sites is 4. The summed E-state index contributed by atoms with van der Waals surface area (Å²) in [5.74, 6) is 0. The maximum absolute atomic E-state index is 5.01. The Hall–Kier alpha value is -5.74. The summed E-state index contributed by atoms with van der Waals surface area (Å²) in [6, 6.07) is 16.2. The van der Waals surface area contributed by atoms with Gasteiger partial charge in [0.1, 0.15) is 0 Å². The summed E-state index contributed by atoms with van der Waals surface area (Å²) in [6.45, 7) is 21.8. The predicted octanol–water partition coefficient (Wildman–Crippen LogP) is 13.0. The van der Waals surface area contributed by atoms with Crippen LogP contribution in [0.5, 0.6) is 0 Å². The summed E-state index contributed by atoms with van der Waals surface area (Å²) in [4.78, 5) is 19.9. The van der Waals surface area contributed by atoms with E-state index in [1.165, 1.54) is 44.6 Å². The zero-order chi connectivity index (χ0) is 38.6. The first-order valence-electron chi connectivity index (χ1n) is 18.8. The fourth-order valence-corrected chi connectivity index (χ4v) is 7.28. The Balaban J connectivity index is 1.02. The van der Waals surface area contributed by atoms with Gasteiger partial charge in [-0.3, -0.25) is 0 Å². The van der Waals surface area contributed by atoms with Gasteiger partial charge in [0, 0.05) is 10.8 Å². The highest BCUT2D eigenvalue weighted by Gasteiger charge is 2.39. The Bertz CT molecular complexity index is 2300. The molecule has 0 saturated heterocycles. The van der Waals surface area contributed by atoms with Gasteiger partial charge in [0.05, 0.1) is 44.8 Å². The first-order chi connectivity index (χ1) is 25.8. The van der Waals surface area contributed by atoms with Crippen molar-refractivity contribution in [3.8, 4) is 0 Å². The molecule has 2 aromatic heterocycles. The average molecular weight is 709 g/mol. The maximum Gasteiger partial charge on any atom is 0.0894 e. The van der Waals surface area contributed by atoms with Crippen molar-refractivity contribution in [2.45, 2.75) is 80.1 Å². The molecule has 2 aromatic carbocycles. The quantitative estimate of drug-likeness (QED) is 0.154. The Morgan fingerprint density at radius 2 is 0.759 bits per heavy atom. The Morgan fingerprint density at radius 3 is 1.13 bits per heavy atom. The lowest BCUT2D eigenvalue weighted by Crippen LogP contribution is -2.18. The third kappa shape index (κ3) is 7.94. The van der Waals surface area contributed by atoms with Crippen molar-refractivity contribution in [2.75, 3.05) is 0 Å². The van der Waals surface area contributed by atoms with Crippen LogP contribution < -0.4 is 0 Å². The van der Waals surface area contributed by atoms with E-state index in [-0.39, 0.29) is 10.8 Å². The first kappa shape index (κ1) is 38.0. The molecular formula is C50H52N4. The maximum atomic E-state index is 5.01. The molecule has 2 aliphatic rings. The molecule has 0 unspecified atom stereocenters.